The van der Waals surface area contributed by atoms with Crippen molar-refractivity contribution in [3.05, 3.63) is 29.3 Å². The molecule has 1 aliphatic heterocycles. The third-order valence-electron chi connectivity index (χ3n) is 5.24. The van der Waals surface area contributed by atoms with E-state index in [1.807, 2.05) is 17.8 Å². The van der Waals surface area contributed by atoms with Crippen molar-refractivity contribution in [1.29, 1.82) is 0 Å². The third kappa shape index (κ3) is 3.26. The van der Waals surface area contributed by atoms with Gasteiger partial charge >= 0.3 is 0 Å². The SMILES string of the molecule is CCCCSc1cc(O)c2c(c1)OC(C)(C)C1CC=C(C)CC21. The molecule has 2 nitrogen and oxygen atoms in total. The fourth-order valence-electron chi connectivity index (χ4n) is 3.96. The summed E-state index contributed by atoms with van der Waals surface area (Å²) in [5.41, 5.74) is 2.27. The van der Waals surface area contributed by atoms with E-state index in [1.54, 1.807) is 0 Å². The van der Waals surface area contributed by atoms with Crippen molar-refractivity contribution >= 4 is 11.8 Å². The van der Waals surface area contributed by atoms with Crippen LogP contribution >= 0.6 is 11.8 Å². The molecule has 3 rings (SSSR count). The quantitative estimate of drug-likeness (QED) is 0.423. The van der Waals surface area contributed by atoms with Crippen LogP contribution in [0.15, 0.2) is 28.7 Å². The maximum absolute atomic E-state index is 10.7. The van der Waals surface area contributed by atoms with Crippen LogP contribution < -0.4 is 4.74 Å². The molecule has 1 aromatic rings. The predicted molar refractivity (Wildman–Crippen MR) is 97.7 cm³/mol. The Kier molecular flexibility index (Phi) is 4.68. The monoisotopic (exact) mass is 332 g/mol. The number of phenolic OH excluding ortho intramolecular Hbond substituents is 1. The molecule has 0 fully saturated rings. The highest BCUT2D eigenvalue weighted by atomic mass is 32.2. The number of fused-ring (bicyclic) bond motifs is 3. The fourth-order valence-corrected chi connectivity index (χ4v) is 5.01. The van der Waals surface area contributed by atoms with Gasteiger partial charge in [-0.1, -0.05) is 25.0 Å². The first kappa shape index (κ1) is 16.8. The van der Waals surface area contributed by atoms with E-state index in [2.05, 4.69) is 39.8 Å². The molecule has 1 N–H and O–H groups in total. The molecule has 2 aliphatic rings. The topological polar surface area (TPSA) is 29.5 Å². The summed E-state index contributed by atoms with van der Waals surface area (Å²) < 4.78 is 6.35. The van der Waals surface area contributed by atoms with Gasteiger partial charge in [0.05, 0.1) is 0 Å². The van der Waals surface area contributed by atoms with E-state index in [0.717, 1.165) is 34.8 Å². The Balaban J connectivity index is 1.96. The number of hydrogen-bond acceptors (Lipinski definition) is 3. The highest BCUT2D eigenvalue weighted by molar-refractivity contribution is 7.99. The number of thioether (sulfide) groups is 1. The molecule has 23 heavy (non-hydrogen) atoms. The zero-order valence-corrected chi connectivity index (χ0v) is 15.5. The molecule has 1 aliphatic carbocycles. The van der Waals surface area contributed by atoms with E-state index in [9.17, 15) is 5.11 Å². The van der Waals surface area contributed by atoms with Crippen LogP contribution in [0.3, 0.4) is 0 Å². The summed E-state index contributed by atoms with van der Waals surface area (Å²) in [5.74, 6) is 3.20. The van der Waals surface area contributed by atoms with Crippen molar-refractivity contribution in [2.24, 2.45) is 5.92 Å². The van der Waals surface area contributed by atoms with Crippen LogP contribution in [0.1, 0.15) is 64.9 Å². The molecular weight excluding hydrogens is 304 g/mol. The van der Waals surface area contributed by atoms with Crippen molar-refractivity contribution in [2.75, 3.05) is 5.75 Å². The Morgan fingerprint density at radius 2 is 2.13 bits per heavy atom. The molecule has 0 saturated carbocycles. The Labute approximate surface area is 144 Å². The number of allylic oxidation sites excluding steroid dienone is 2. The lowest BCUT2D eigenvalue weighted by Crippen LogP contribution is -2.45. The number of ether oxygens (including phenoxy) is 1. The third-order valence-corrected chi connectivity index (χ3v) is 6.31. The van der Waals surface area contributed by atoms with Gasteiger partial charge in [0, 0.05) is 22.3 Å². The Morgan fingerprint density at radius 1 is 1.35 bits per heavy atom. The van der Waals surface area contributed by atoms with Gasteiger partial charge < -0.3 is 9.84 Å². The molecule has 0 saturated heterocycles. The molecule has 2 unspecified atom stereocenters. The number of aromatic hydroxyl groups is 1. The van der Waals surface area contributed by atoms with Gasteiger partial charge in [-0.3, -0.25) is 0 Å². The highest BCUT2D eigenvalue weighted by Crippen LogP contribution is 2.54. The second-order valence-corrected chi connectivity index (χ2v) is 8.63. The van der Waals surface area contributed by atoms with Crippen molar-refractivity contribution in [3.8, 4) is 11.5 Å². The van der Waals surface area contributed by atoms with Crippen LogP contribution in [-0.2, 0) is 0 Å². The molecule has 3 heteroatoms. The van der Waals surface area contributed by atoms with E-state index in [4.69, 9.17) is 4.74 Å². The largest absolute Gasteiger partial charge is 0.507 e. The summed E-state index contributed by atoms with van der Waals surface area (Å²) in [6.07, 6.45) is 6.80. The lowest BCUT2D eigenvalue weighted by Gasteiger charge is -2.47. The first-order valence-electron chi connectivity index (χ1n) is 8.76. The summed E-state index contributed by atoms with van der Waals surface area (Å²) >= 11 is 1.81. The molecule has 0 spiro atoms. The summed E-state index contributed by atoms with van der Waals surface area (Å²) in [4.78, 5) is 1.12. The molecule has 1 heterocycles. The zero-order chi connectivity index (χ0) is 16.6. The van der Waals surface area contributed by atoms with Crippen LogP contribution in [0.4, 0.5) is 0 Å². The number of rotatable bonds is 4. The molecule has 0 amide bonds. The molecule has 1 aromatic carbocycles. The lowest BCUT2D eigenvalue weighted by molar-refractivity contribution is 0.00733. The van der Waals surface area contributed by atoms with Gasteiger partial charge in [0.25, 0.3) is 0 Å². The van der Waals surface area contributed by atoms with Gasteiger partial charge in [-0.2, -0.15) is 0 Å². The van der Waals surface area contributed by atoms with Gasteiger partial charge in [-0.05, 0) is 57.9 Å². The highest BCUT2D eigenvalue weighted by Gasteiger charge is 2.45. The van der Waals surface area contributed by atoms with Gasteiger partial charge in [0.15, 0.2) is 0 Å². The van der Waals surface area contributed by atoms with Crippen molar-refractivity contribution in [3.63, 3.8) is 0 Å². The van der Waals surface area contributed by atoms with Crippen LogP contribution in [0.5, 0.6) is 11.5 Å². The summed E-state index contributed by atoms with van der Waals surface area (Å²) in [7, 11) is 0. The number of phenols is 1. The normalized spacial score (nSPS) is 25.1. The maximum atomic E-state index is 10.7. The second-order valence-electron chi connectivity index (χ2n) is 7.47. The number of benzene rings is 1. The van der Waals surface area contributed by atoms with Crippen LogP contribution in [0, 0.1) is 5.92 Å². The summed E-state index contributed by atoms with van der Waals surface area (Å²) in [5, 5.41) is 10.7. The number of hydrogen-bond donors (Lipinski definition) is 1. The van der Waals surface area contributed by atoms with E-state index in [0.29, 0.717) is 17.6 Å². The van der Waals surface area contributed by atoms with Crippen LogP contribution in [0.2, 0.25) is 0 Å². The average molecular weight is 333 g/mol. The first-order valence-corrected chi connectivity index (χ1v) is 9.75. The Hall–Kier alpha value is -1.09. The predicted octanol–water partition coefficient (Wildman–Crippen LogP) is 5.90. The summed E-state index contributed by atoms with van der Waals surface area (Å²) in [6, 6.07) is 4.08. The van der Waals surface area contributed by atoms with Crippen molar-refractivity contribution in [1.82, 2.24) is 0 Å². The van der Waals surface area contributed by atoms with E-state index >= 15 is 0 Å². The molecule has 0 radical (unpaired) electrons. The average Bonchev–Trinajstić information content (AvgIpc) is 2.46. The molecule has 126 valence electrons. The zero-order valence-electron chi connectivity index (χ0n) is 14.7. The molecular formula is C20H28O2S. The summed E-state index contributed by atoms with van der Waals surface area (Å²) in [6.45, 7) is 8.78. The molecule has 2 atom stereocenters. The lowest BCUT2D eigenvalue weighted by atomic mass is 9.67. The molecule has 0 bridgehead atoms. The maximum Gasteiger partial charge on any atom is 0.128 e. The van der Waals surface area contributed by atoms with E-state index in [-0.39, 0.29) is 5.60 Å². The Morgan fingerprint density at radius 3 is 2.87 bits per heavy atom. The second kappa shape index (κ2) is 6.43. The van der Waals surface area contributed by atoms with Gasteiger partial charge in [0.1, 0.15) is 17.1 Å². The van der Waals surface area contributed by atoms with Crippen LogP contribution in [0.25, 0.3) is 0 Å². The van der Waals surface area contributed by atoms with Crippen LogP contribution in [-0.4, -0.2) is 16.5 Å². The van der Waals surface area contributed by atoms with Crippen molar-refractivity contribution in [2.45, 2.75) is 69.8 Å². The number of unbranched alkanes of at least 4 members (excludes halogenated alkanes) is 1. The minimum Gasteiger partial charge on any atom is -0.507 e. The van der Waals surface area contributed by atoms with E-state index < -0.39 is 0 Å². The van der Waals surface area contributed by atoms with Gasteiger partial charge in [-0.15, -0.1) is 11.8 Å². The standard InChI is InChI=1S/C20H28O2S/c1-5-6-9-23-14-11-17(21)19-15-10-13(2)7-8-16(15)20(3,4)22-18(19)12-14/h7,11-12,15-16,21H,5-6,8-10H2,1-4H3. The minimum absolute atomic E-state index is 0.186. The Bertz CT molecular complexity index is 618. The van der Waals surface area contributed by atoms with E-state index in [1.165, 1.54) is 18.4 Å². The van der Waals surface area contributed by atoms with Gasteiger partial charge in [0.2, 0.25) is 0 Å². The smallest absolute Gasteiger partial charge is 0.128 e. The molecule has 0 aromatic heterocycles. The first-order chi connectivity index (χ1) is 10.9. The minimum atomic E-state index is -0.186. The van der Waals surface area contributed by atoms with Crippen molar-refractivity contribution < 1.29 is 9.84 Å². The fraction of sp³-hybridized carbons (Fsp3) is 0.600. The van der Waals surface area contributed by atoms with Gasteiger partial charge in [-0.25, -0.2) is 0 Å².